The SMILES string of the molecule is CCc1nn(CC)c(CN2C3CCC2CC(O)C3)c1Cl. The van der Waals surface area contributed by atoms with E-state index in [4.69, 9.17) is 11.6 Å². The maximum atomic E-state index is 9.90. The van der Waals surface area contributed by atoms with Gasteiger partial charge >= 0.3 is 0 Å². The lowest BCUT2D eigenvalue weighted by Crippen LogP contribution is -2.44. The van der Waals surface area contributed by atoms with Gasteiger partial charge in [-0.3, -0.25) is 9.58 Å². The zero-order valence-electron chi connectivity index (χ0n) is 12.3. The van der Waals surface area contributed by atoms with Crippen LogP contribution < -0.4 is 0 Å². The molecular weight excluding hydrogens is 274 g/mol. The molecule has 2 fully saturated rings. The Kier molecular flexibility index (Phi) is 4.07. The van der Waals surface area contributed by atoms with Gasteiger partial charge in [-0.1, -0.05) is 18.5 Å². The summed E-state index contributed by atoms with van der Waals surface area (Å²) in [6.07, 6.45) is 5.01. The summed E-state index contributed by atoms with van der Waals surface area (Å²) in [4.78, 5) is 2.54. The van der Waals surface area contributed by atoms with Gasteiger partial charge in [0.25, 0.3) is 0 Å². The van der Waals surface area contributed by atoms with Crippen LogP contribution >= 0.6 is 11.6 Å². The van der Waals surface area contributed by atoms with Crippen molar-refractivity contribution in [3.8, 4) is 0 Å². The van der Waals surface area contributed by atoms with Crippen molar-refractivity contribution in [3.63, 3.8) is 0 Å². The topological polar surface area (TPSA) is 41.3 Å². The van der Waals surface area contributed by atoms with Crippen LogP contribution in [0.15, 0.2) is 0 Å². The van der Waals surface area contributed by atoms with E-state index >= 15 is 0 Å². The highest BCUT2D eigenvalue weighted by Crippen LogP contribution is 2.37. The number of halogens is 1. The van der Waals surface area contributed by atoms with E-state index in [1.807, 2.05) is 4.68 Å². The van der Waals surface area contributed by atoms with E-state index in [2.05, 4.69) is 23.8 Å². The van der Waals surface area contributed by atoms with Gasteiger partial charge in [-0.05, 0) is 39.0 Å². The summed E-state index contributed by atoms with van der Waals surface area (Å²) >= 11 is 6.51. The third kappa shape index (κ3) is 2.38. The molecule has 2 aliphatic rings. The number of aliphatic hydroxyl groups is 1. The summed E-state index contributed by atoms with van der Waals surface area (Å²) in [5.74, 6) is 0. The molecule has 2 atom stereocenters. The summed E-state index contributed by atoms with van der Waals surface area (Å²) in [6.45, 7) is 5.95. The van der Waals surface area contributed by atoms with Crippen molar-refractivity contribution in [3.05, 3.63) is 16.4 Å². The number of aliphatic hydroxyl groups excluding tert-OH is 1. The van der Waals surface area contributed by atoms with E-state index in [9.17, 15) is 5.11 Å². The molecule has 0 aliphatic carbocycles. The van der Waals surface area contributed by atoms with E-state index in [0.29, 0.717) is 12.1 Å². The second-order valence-corrected chi connectivity index (χ2v) is 6.44. The number of fused-ring (bicyclic) bond motifs is 2. The molecule has 0 spiro atoms. The molecule has 1 N–H and O–H groups in total. The molecule has 4 nitrogen and oxygen atoms in total. The van der Waals surface area contributed by atoms with Crippen molar-refractivity contribution in [1.29, 1.82) is 0 Å². The van der Waals surface area contributed by atoms with Crippen LogP contribution in [0.25, 0.3) is 0 Å². The predicted octanol–water partition coefficient (Wildman–Crippen LogP) is 2.61. The quantitative estimate of drug-likeness (QED) is 0.929. The van der Waals surface area contributed by atoms with Crippen LogP contribution in [-0.2, 0) is 19.5 Å². The van der Waals surface area contributed by atoms with E-state index < -0.39 is 0 Å². The van der Waals surface area contributed by atoms with Crippen molar-refractivity contribution >= 4 is 11.6 Å². The fourth-order valence-corrected chi connectivity index (χ4v) is 4.17. The largest absolute Gasteiger partial charge is 0.393 e. The van der Waals surface area contributed by atoms with Gasteiger partial charge in [0, 0.05) is 25.2 Å². The molecular formula is C15H24ClN3O. The number of hydrogen-bond donors (Lipinski definition) is 1. The monoisotopic (exact) mass is 297 g/mol. The molecule has 2 aliphatic heterocycles. The first kappa shape index (κ1) is 14.4. The van der Waals surface area contributed by atoms with E-state index in [-0.39, 0.29) is 6.10 Å². The number of hydrogen-bond acceptors (Lipinski definition) is 3. The van der Waals surface area contributed by atoms with Gasteiger partial charge in [0.1, 0.15) is 0 Å². The minimum absolute atomic E-state index is 0.110. The molecule has 1 aromatic rings. The first-order valence-electron chi connectivity index (χ1n) is 7.81. The predicted molar refractivity (Wildman–Crippen MR) is 79.9 cm³/mol. The Hall–Kier alpha value is -0.580. The van der Waals surface area contributed by atoms with Crippen LogP contribution in [0.1, 0.15) is 50.9 Å². The molecule has 112 valence electrons. The Bertz CT molecular complexity index is 474. The number of piperidine rings is 1. The third-order valence-electron chi connectivity index (χ3n) is 4.89. The fraction of sp³-hybridized carbons (Fsp3) is 0.800. The van der Waals surface area contributed by atoms with Crippen molar-refractivity contribution in [2.45, 2.75) is 77.2 Å². The van der Waals surface area contributed by atoms with Crippen LogP contribution in [0.2, 0.25) is 5.02 Å². The maximum Gasteiger partial charge on any atom is 0.0863 e. The first-order chi connectivity index (χ1) is 9.63. The number of aromatic nitrogens is 2. The second-order valence-electron chi connectivity index (χ2n) is 6.06. The van der Waals surface area contributed by atoms with Gasteiger partial charge in [-0.15, -0.1) is 0 Å². The maximum absolute atomic E-state index is 9.90. The third-order valence-corrected chi connectivity index (χ3v) is 5.32. The molecule has 5 heteroatoms. The Morgan fingerprint density at radius 2 is 1.90 bits per heavy atom. The molecule has 3 rings (SSSR count). The lowest BCUT2D eigenvalue weighted by molar-refractivity contribution is 0.0297. The van der Waals surface area contributed by atoms with E-state index in [1.54, 1.807) is 0 Å². The van der Waals surface area contributed by atoms with Crippen molar-refractivity contribution in [1.82, 2.24) is 14.7 Å². The summed E-state index contributed by atoms with van der Waals surface area (Å²) < 4.78 is 2.05. The summed E-state index contributed by atoms with van der Waals surface area (Å²) in [7, 11) is 0. The summed E-state index contributed by atoms with van der Waals surface area (Å²) in [6, 6.07) is 1.04. The lowest BCUT2D eigenvalue weighted by atomic mass is 9.99. The molecule has 2 unspecified atom stereocenters. The van der Waals surface area contributed by atoms with Gasteiger partial charge in [-0.2, -0.15) is 5.10 Å². The normalized spacial score (nSPS) is 30.1. The molecule has 20 heavy (non-hydrogen) atoms. The molecule has 1 aromatic heterocycles. The van der Waals surface area contributed by atoms with Crippen LogP contribution in [0.5, 0.6) is 0 Å². The van der Waals surface area contributed by atoms with Gasteiger partial charge in [0.2, 0.25) is 0 Å². The molecule has 2 bridgehead atoms. The van der Waals surface area contributed by atoms with Crippen LogP contribution in [0.4, 0.5) is 0 Å². The summed E-state index contributed by atoms with van der Waals surface area (Å²) in [5, 5.41) is 15.4. The highest BCUT2D eigenvalue weighted by atomic mass is 35.5. The lowest BCUT2D eigenvalue weighted by Gasteiger charge is -2.37. The average molecular weight is 298 g/mol. The van der Waals surface area contributed by atoms with E-state index in [1.165, 1.54) is 12.8 Å². The smallest absolute Gasteiger partial charge is 0.0863 e. The minimum Gasteiger partial charge on any atom is -0.393 e. The Labute approximate surface area is 125 Å². The average Bonchev–Trinajstić information content (AvgIpc) is 2.86. The first-order valence-corrected chi connectivity index (χ1v) is 8.19. The Balaban J connectivity index is 1.83. The zero-order valence-corrected chi connectivity index (χ0v) is 13.1. The van der Waals surface area contributed by atoms with E-state index in [0.717, 1.165) is 48.8 Å². The van der Waals surface area contributed by atoms with Crippen molar-refractivity contribution in [2.75, 3.05) is 0 Å². The standard InChI is InChI=1S/C15H24ClN3O/c1-3-13-15(16)14(19(4-2)17-13)9-18-10-5-6-11(18)8-12(20)7-10/h10-12,20H,3-9H2,1-2H3. The second kappa shape index (κ2) is 5.66. The highest BCUT2D eigenvalue weighted by molar-refractivity contribution is 6.31. The molecule has 0 radical (unpaired) electrons. The zero-order chi connectivity index (χ0) is 14.3. The van der Waals surface area contributed by atoms with Gasteiger partial charge in [0.15, 0.2) is 0 Å². The number of nitrogens with zero attached hydrogens (tertiary/aromatic N) is 3. The molecule has 0 aromatic carbocycles. The van der Waals surface area contributed by atoms with Crippen LogP contribution in [0, 0.1) is 0 Å². The molecule has 3 heterocycles. The molecule has 2 saturated heterocycles. The number of rotatable bonds is 4. The number of aryl methyl sites for hydroxylation is 2. The van der Waals surface area contributed by atoms with Gasteiger partial charge < -0.3 is 5.11 Å². The van der Waals surface area contributed by atoms with Crippen molar-refractivity contribution in [2.24, 2.45) is 0 Å². The Morgan fingerprint density at radius 1 is 1.25 bits per heavy atom. The van der Waals surface area contributed by atoms with Crippen LogP contribution in [-0.4, -0.2) is 38.0 Å². The fourth-order valence-electron chi connectivity index (χ4n) is 3.84. The highest BCUT2D eigenvalue weighted by Gasteiger charge is 2.40. The van der Waals surface area contributed by atoms with Gasteiger partial charge in [-0.25, -0.2) is 0 Å². The Morgan fingerprint density at radius 3 is 2.45 bits per heavy atom. The van der Waals surface area contributed by atoms with Crippen LogP contribution in [0.3, 0.4) is 0 Å². The van der Waals surface area contributed by atoms with Gasteiger partial charge in [0.05, 0.1) is 22.5 Å². The molecule has 0 saturated carbocycles. The minimum atomic E-state index is -0.110. The molecule has 0 amide bonds. The van der Waals surface area contributed by atoms with Crippen molar-refractivity contribution < 1.29 is 5.11 Å². The summed E-state index contributed by atoms with van der Waals surface area (Å²) in [5.41, 5.74) is 2.16.